The van der Waals surface area contributed by atoms with Crippen LogP contribution in [0, 0.1) is 3.57 Å². The van der Waals surface area contributed by atoms with Crippen molar-refractivity contribution in [2.75, 3.05) is 11.9 Å². The number of nitrogens with one attached hydrogen (secondary N) is 1. The maximum Gasteiger partial charge on any atom is 0.154 e. The number of fused-ring (bicyclic) bond motifs is 1. The Labute approximate surface area is 129 Å². The molecule has 1 N–H and O–H groups in total. The van der Waals surface area contributed by atoms with Gasteiger partial charge in [-0.25, -0.2) is 4.68 Å². The molecule has 0 unspecified atom stereocenters. The summed E-state index contributed by atoms with van der Waals surface area (Å²) in [5.74, 6) is 1.91. The quantitative estimate of drug-likeness (QED) is 0.693. The average Bonchev–Trinajstić information content (AvgIpc) is 3.16. The Hall–Kier alpha value is -1.76. The summed E-state index contributed by atoms with van der Waals surface area (Å²) in [6, 6.07) is 12.2. The van der Waals surface area contributed by atoms with Gasteiger partial charge in [0.15, 0.2) is 5.76 Å². The molecule has 0 radical (unpaired) electrons. The predicted octanol–water partition coefficient (Wildman–Crippen LogP) is 3.70. The number of benzene rings is 1. The molecule has 100 valence electrons. The molecule has 1 aromatic carbocycles. The standard InChI is InChI=1S/C15H12IN3O/c16-10-3-5-11(6-4-10)19-15-12(7-8-17-15)14(18-19)13-2-1-9-20-13/h1-6,9,17H,7-8H2. The van der Waals surface area contributed by atoms with Crippen LogP contribution in [0.15, 0.2) is 47.1 Å². The molecule has 3 aromatic rings. The van der Waals surface area contributed by atoms with Crippen LogP contribution in [-0.2, 0) is 6.42 Å². The molecule has 4 nitrogen and oxygen atoms in total. The molecular formula is C15H12IN3O. The molecule has 0 spiro atoms. The highest BCUT2D eigenvalue weighted by Gasteiger charge is 2.24. The van der Waals surface area contributed by atoms with Gasteiger partial charge < -0.3 is 9.73 Å². The first-order valence-corrected chi connectivity index (χ1v) is 7.56. The highest BCUT2D eigenvalue weighted by atomic mass is 127. The molecule has 0 atom stereocenters. The van der Waals surface area contributed by atoms with Gasteiger partial charge in [-0.3, -0.25) is 0 Å². The topological polar surface area (TPSA) is 43.0 Å². The Morgan fingerprint density at radius 1 is 1.20 bits per heavy atom. The second kappa shape index (κ2) is 4.66. The van der Waals surface area contributed by atoms with Crippen LogP contribution in [0.25, 0.3) is 17.1 Å². The zero-order chi connectivity index (χ0) is 13.5. The fourth-order valence-electron chi connectivity index (χ4n) is 2.56. The van der Waals surface area contributed by atoms with Crippen molar-refractivity contribution < 1.29 is 4.42 Å². The van der Waals surface area contributed by atoms with Gasteiger partial charge in [-0.15, -0.1) is 0 Å². The summed E-state index contributed by atoms with van der Waals surface area (Å²) in [6.07, 6.45) is 2.67. The molecule has 5 heteroatoms. The molecule has 0 saturated carbocycles. The maximum atomic E-state index is 5.51. The number of hydrogen-bond donors (Lipinski definition) is 1. The van der Waals surface area contributed by atoms with Gasteiger partial charge in [-0.1, -0.05) is 0 Å². The molecule has 0 amide bonds. The molecule has 1 aliphatic rings. The molecule has 0 saturated heterocycles. The first-order chi connectivity index (χ1) is 9.83. The molecule has 0 bridgehead atoms. The summed E-state index contributed by atoms with van der Waals surface area (Å²) in [4.78, 5) is 0. The monoisotopic (exact) mass is 377 g/mol. The van der Waals surface area contributed by atoms with Gasteiger partial charge in [0.1, 0.15) is 11.5 Å². The van der Waals surface area contributed by atoms with Crippen molar-refractivity contribution in [3.05, 3.63) is 51.8 Å². The van der Waals surface area contributed by atoms with E-state index in [1.54, 1.807) is 6.26 Å². The van der Waals surface area contributed by atoms with E-state index in [9.17, 15) is 0 Å². The Balaban J connectivity index is 1.89. The number of rotatable bonds is 2. The lowest BCUT2D eigenvalue weighted by Gasteiger charge is -2.06. The molecule has 3 heterocycles. The van der Waals surface area contributed by atoms with Gasteiger partial charge in [0, 0.05) is 15.7 Å². The first kappa shape index (κ1) is 12.0. The van der Waals surface area contributed by atoms with Crippen molar-refractivity contribution in [2.24, 2.45) is 0 Å². The van der Waals surface area contributed by atoms with Crippen LogP contribution in [0.5, 0.6) is 0 Å². The SMILES string of the molecule is Ic1ccc(-n2nc(-c3ccco3)c3c2NCC3)cc1. The summed E-state index contributed by atoms with van der Waals surface area (Å²) < 4.78 is 8.69. The number of aromatic nitrogens is 2. The molecule has 2 aromatic heterocycles. The van der Waals surface area contributed by atoms with Crippen LogP contribution < -0.4 is 5.32 Å². The molecule has 0 fully saturated rings. The predicted molar refractivity (Wildman–Crippen MR) is 86.2 cm³/mol. The molecule has 4 rings (SSSR count). The van der Waals surface area contributed by atoms with E-state index in [1.165, 1.54) is 9.13 Å². The Morgan fingerprint density at radius 2 is 2.05 bits per heavy atom. The third-order valence-electron chi connectivity index (χ3n) is 3.48. The van der Waals surface area contributed by atoms with Crippen molar-refractivity contribution in [2.45, 2.75) is 6.42 Å². The highest BCUT2D eigenvalue weighted by Crippen LogP contribution is 2.34. The van der Waals surface area contributed by atoms with E-state index in [0.717, 1.165) is 35.9 Å². The van der Waals surface area contributed by atoms with Gasteiger partial charge in [-0.05, 0) is 65.4 Å². The smallest absolute Gasteiger partial charge is 0.154 e. The van der Waals surface area contributed by atoms with Crippen LogP contribution >= 0.6 is 22.6 Å². The van der Waals surface area contributed by atoms with Crippen LogP contribution in [0.4, 0.5) is 5.82 Å². The summed E-state index contributed by atoms with van der Waals surface area (Å²) in [7, 11) is 0. The maximum absolute atomic E-state index is 5.51. The van der Waals surface area contributed by atoms with Gasteiger partial charge in [0.25, 0.3) is 0 Å². The van der Waals surface area contributed by atoms with Crippen molar-refractivity contribution in [3.8, 4) is 17.1 Å². The van der Waals surface area contributed by atoms with Crippen molar-refractivity contribution in [3.63, 3.8) is 0 Å². The molecule has 1 aliphatic heterocycles. The first-order valence-electron chi connectivity index (χ1n) is 6.48. The van der Waals surface area contributed by atoms with Gasteiger partial charge >= 0.3 is 0 Å². The van der Waals surface area contributed by atoms with E-state index < -0.39 is 0 Å². The van der Waals surface area contributed by atoms with Crippen molar-refractivity contribution in [1.29, 1.82) is 0 Å². The number of hydrogen-bond acceptors (Lipinski definition) is 3. The van der Waals surface area contributed by atoms with Crippen molar-refractivity contribution in [1.82, 2.24) is 9.78 Å². The molecule has 20 heavy (non-hydrogen) atoms. The fourth-order valence-corrected chi connectivity index (χ4v) is 2.91. The lowest BCUT2D eigenvalue weighted by atomic mass is 10.2. The second-order valence-electron chi connectivity index (χ2n) is 4.72. The fraction of sp³-hybridized carbons (Fsp3) is 0.133. The van der Waals surface area contributed by atoms with Gasteiger partial charge in [0.2, 0.25) is 0 Å². The molecular weight excluding hydrogens is 365 g/mol. The summed E-state index contributed by atoms with van der Waals surface area (Å²) in [6.45, 7) is 0.950. The van der Waals surface area contributed by atoms with E-state index in [4.69, 9.17) is 9.52 Å². The minimum atomic E-state index is 0.828. The Morgan fingerprint density at radius 3 is 2.80 bits per heavy atom. The van der Waals surface area contributed by atoms with E-state index in [-0.39, 0.29) is 0 Å². The largest absolute Gasteiger partial charge is 0.463 e. The minimum Gasteiger partial charge on any atom is -0.463 e. The zero-order valence-electron chi connectivity index (χ0n) is 10.6. The van der Waals surface area contributed by atoms with Gasteiger partial charge in [-0.2, -0.15) is 5.10 Å². The normalized spacial score (nSPS) is 13.2. The summed E-state index contributed by atoms with van der Waals surface area (Å²) in [5.41, 5.74) is 3.24. The van der Waals surface area contributed by atoms with Crippen molar-refractivity contribution >= 4 is 28.4 Å². The molecule has 0 aliphatic carbocycles. The third kappa shape index (κ3) is 1.84. The third-order valence-corrected chi connectivity index (χ3v) is 4.20. The minimum absolute atomic E-state index is 0.828. The van der Waals surface area contributed by atoms with Crippen LogP contribution in [0.1, 0.15) is 5.56 Å². The summed E-state index contributed by atoms with van der Waals surface area (Å²) in [5, 5.41) is 8.15. The van der Waals surface area contributed by atoms with E-state index >= 15 is 0 Å². The second-order valence-corrected chi connectivity index (χ2v) is 5.96. The van der Waals surface area contributed by atoms with Crippen LogP contribution in [-0.4, -0.2) is 16.3 Å². The average molecular weight is 377 g/mol. The highest BCUT2D eigenvalue weighted by molar-refractivity contribution is 14.1. The Kier molecular flexibility index (Phi) is 2.80. The number of anilines is 1. The zero-order valence-corrected chi connectivity index (χ0v) is 12.8. The Bertz CT molecular complexity index is 744. The van der Waals surface area contributed by atoms with E-state index in [1.807, 2.05) is 16.8 Å². The number of furan rings is 1. The summed E-state index contributed by atoms with van der Waals surface area (Å²) >= 11 is 2.31. The number of nitrogens with zero attached hydrogens (tertiary/aromatic N) is 2. The lowest BCUT2D eigenvalue weighted by molar-refractivity contribution is 0.578. The van der Waals surface area contributed by atoms with Crippen LogP contribution in [0.3, 0.4) is 0 Å². The van der Waals surface area contributed by atoms with Gasteiger partial charge in [0.05, 0.1) is 12.0 Å². The van der Waals surface area contributed by atoms with E-state index in [0.29, 0.717) is 0 Å². The number of halogens is 1. The van der Waals surface area contributed by atoms with E-state index in [2.05, 4.69) is 52.2 Å². The lowest BCUT2D eigenvalue weighted by Crippen LogP contribution is -2.04. The van der Waals surface area contributed by atoms with Crippen LogP contribution in [0.2, 0.25) is 0 Å².